The van der Waals surface area contributed by atoms with Gasteiger partial charge in [-0.15, -0.1) is 0 Å². The maximum absolute atomic E-state index is 11.7. The molecule has 0 fully saturated rings. The average Bonchev–Trinajstić information content (AvgIpc) is 3.59. The number of benzene rings is 4. The van der Waals surface area contributed by atoms with Crippen LogP contribution in [0.2, 0.25) is 0 Å². The zero-order valence-corrected chi connectivity index (χ0v) is 33.9. The molecule has 1 aliphatic carbocycles. The topological polar surface area (TPSA) is 116 Å². The summed E-state index contributed by atoms with van der Waals surface area (Å²) in [5.41, 5.74) is 6.01. The summed E-state index contributed by atoms with van der Waals surface area (Å²) in [6, 6.07) is 25.3. The number of aryl methyl sites for hydroxylation is 1. The fourth-order valence-electron chi connectivity index (χ4n) is 7.40. The van der Waals surface area contributed by atoms with Crippen LogP contribution in [0.5, 0.6) is 0 Å². The molecule has 0 unspecified atom stereocenters. The molecule has 1 aliphatic heterocycles. The van der Waals surface area contributed by atoms with Gasteiger partial charge in [0.1, 0.15) is 0 Å². The van der Waals surface area contributed by atoms with Crippen molar-refractivity contribution >= 4 is 97.2 Å². The third-order valence-corrected chi connectivity index (χ3v) is 15.9. The number of hydrogen-bond donors (Lipinski definition) is 2. The van der Waals surface area contributed by atoms with Crippen LogP contribution in [0.15, 0.2) is 100 Å². The minimum atomic E-state index is -4.08. The molecule has 2 aliphatic rings. The van der Waals surface area contributed by atoms with Gasteiger partial charge in [0.2, 0.25) is 0 Å². The van der Waals surface area contributed by atoms with E-state index in [0.29, 0.717) is 25.9 Å². The Hall–Kier alpha value is -3.05. The van der Waals surface area contributed by atoms with Gasteiger partial charge in [-0.3, -0.25) is 0 Å². The first-order valence-electron chi connectivity index (χ1n) is 17.0. The quantitative estimate of drug-likeness (QED) is 0.0970. The van der Waals surface area contributed by atoms with Crippen LogP contribution >= 0.6 is 0 Å². The molecule has 1 aromatic heterocycles. The number of hydrogen-bond acceptors (Lipinski definition) is 5. The number of nitrogens with zero attached hydrogens (tertiary/aromatic N) is 2. The summed E-state index contributed by atoms with van der Waals surface area (Å²) in [6.07, 6.45) is 7.09. The van der Waals surface area contributed by atoms with Gasteiger partial charge in [-0.1, -0.05) is 0 Å². The van der Waals surface area contributed by atoms with Crippen LogP contribution in [-0.2, 0) is 26.8 Å². The maximum atomic E-state index is 11.7. The van der Waals surface area contributed by atoms with Crippen LogP contribution in [0.1, 0.15) is 51.0 Å². The van der Waals surface area contributed by atoms with Gasteiger partial charge in [0, 0.05) is 0 Å². The molecule has 0 saturated carbocycles. The molecule has 4 aromatic carbocycles. The van der Waals surface area contributed by atoms with Gasteiger partial charge >= 0.3 is 314 Å². The van der Waals surface area contributed by atoms with Gasteiger partial charge in [-0.2, -0.15) is 0 Å². The third kappa shape index (κ3) is 7.99. The Kier molecular flexibility index (Phi) is 10.0. The molecule has 12 heteroatoms. The van der Waals surface area contributed by atoms with E-state index in [0.717, 1.165) is 45.6 Å². The van der Waals surface area contributed by atoms with Crippen molar-refractivity contribution in [3.63, 3.8) is 0 Å². The molecule has 0 radical (unpaired) electrons. The van der Waals surface area contributed by atoms with Crippen molar-refractivity contribution in [3.05, 3.63) is 105 Å². The molecule has 8 nitrogen and oxygen atoms in total. The second-order valence-corrected chi connectivity index (χ2v) is 21.8. The molecule has 266 valence electrons. The van der Waals surface area contributed by atoms with Crippen molar-refractivity contribution in [3.8, 4) is 0 Å². The van der Waals surface area contributed by atoms with Crippen LogP contribution in [0, 0.1) is 5.41 Å². The Bertz CT molecular complexity index is 2520. The van der Waals surface area contributed by atoms with E-state index < -0.39 is 20.2 Å². The van der Waals surface area contributed by atoms with Gasteiger partial charge < -0.3 is 0 Å². The summed E-state index contributed by atoms with van der Waals surface area (Å²) in [6.45, 7) is 7.77. The predicted octanol–water partition coefficient (Wildman–Crippen LogP) is 6.26. The molecule has 0 amide bonds. The Balaban J connectivity index is 1.33. The monoisotopic (exact) mass is 857 g/mol. The second-order valence-electron chi connectivity index (χ2n) is 14.2. The van der Waals surface area contributed by atoms with E-state index in [4.69, 9.17) is 0 Å². The summed E-state index contributed by atoms with van der Waals surface area (Å²) in [7, 11) is -8.16. The summed E-state index contributed by atoms with van der Waals surface area (Å²) >= 11 is 0.0120. The summed E-state index contributed by atoms with van der Waals surface area (Å²) in [4.78, 5) is 2.28. The van der Waals surface area contributed by atoms with Gasteiger partial charge in [0.25, 0.3) is 0 Å². The van der Waals surface area contributed by atoms with Crippen molar-refractivity contribution in [1.29, 1.82) is 0 Å². The van der Waals surface area contributed by atoms with Crippen molar-refractivity contribution < 1.29 is 30.5 Å². The van der Waals surface area contributed by atoms with E-state index in [1.165, 1.54) is 34.6 Å². The minimum absolute atomic E-state index is 0.00601. The Morgan fingerprint density at radius 2 is 1.47 bits per heavy atom. The molecule has 2 N–H and O–H groups in total. The Labute approximate surface area is 312 Å². The molecule has 0 spiro atoms. The van der Waals surface area contributed by atoms with Crippen LogP contribution in [0.3, 0.4) is 0 Å². The molecule has 0 saturated heterocycles. The first kappa shape index (κ1) is 36.3. The van der Waals surface area contributed by atoms with Gasteiger partial charge in [0.15, 0.2) is 0 Å². The summed E-state index contributed by atoms with van der Waals surface area (Å²) in [5.74, 6) is -0.575. The van der Waals surface area contributed by atoms with E-state index in [1.807, 2.05) is 24.3 Å². The van der Waals surface area contributed by atoms with Crippen LogP contribution < -0.4 is 13.9 Å². The zero-order chi connectivity index (χ0) is 36.1. The molecule has 0 atom stereocenters. The zero-order valence-electron chi connectivity index (χ0n) is 28.8. The van der Waals surface area contributed by atoms with Gasteiger partial charge in [-0.05, 0) is 0 Å². The van der Waals surface area contributed by atoms with E-state index in [-0.39, 0.29) is 46.4 Å². The normalized spacial score (nSPS) is 18.2. The second kappa shape index (κ2) is 14.1. The summed E-state index contributed by atoms with van der Waals surface area (Å²) in [5, 5.41) is 4.56. The molecular formula is C39H41N2O6S2Se2+. The van der Waals surface area contributed by atoms with Crippen LogP contribution in [0.25, 0.3) is 37.4 Å². The molecule has 51 heavy (non-hydrogen) atoms. The Morgan fingerprint density at radius 3 is 2.20 bits per heavy atom. The van der Waals surface area contributed by atoms with E-state index >= 15 is 0 Å². The first-order valence-corrected chi connectivity index (χ1v) is 23.6. The summed E-state index contributed by atoms with van der Waals surface area (Å²) < 4.78 is 73.0. The van der Waals surface area contributed by atoms with Crippen molar-refractivity contribution in [2.75, 3.05) is 23.0 Å². The fourth-order valence-corrected chi connectivity index (χ4v) is 13.3. The number of allylic oxidation sites excluding steroid dienone is 4. The van der Waals surface area contributed by atoms with E-state index in [1.54, 1.807) is 0 Å². The molecule has 7 rings (SSSR count). The molecule has 5 aromatic rings. The van der Waals surface area contributed by atoms with Crippen molar-refractivity contribution in [2.45, 2.75) is 53.0 Å². The van der Waals surface area contributed by atoms with Crippen LogP contribution in [-0.4, -0.2) is 73.5 Å². The number of anilines is 1. The number of aromatic nitrogens is 1. The van der Waals surface area contributed by atoms with Gasteiger partial charge in [-0.25, -0.2) is 0 Å². The molecule has 2 heterocycles. The first-order chi connectivity index (χ1) is 24.2. The Morgan fingerprint density at radius 1 is 0.824 bits per heavy atom. The molecular weight excluding hydrogens is 814 g/mol. The molecule has 0 bridgehead atoms. The third-order valence-electron chi connectivity index (χ3n) is 9.69. The number of fused-ring (bicyclic) bond motifs is 6. The fraction of sp³-hybridized carbons (Fsp3) is 0.308. The predicted molar refractivity (Wildman–Crippen MR) is 209 cm³/mol. The van der Waals surface area contributed by atoms with Gasteiger partial charge in [0.05, 0.1) is 0 Å². The standard InChI is InChI=1S/C39H40N2O6S2Se2/c1-26-29(22-35-40(18-8-20-48(42,43)44)37-31-12-6-4-10-27(31)14-16-33(37)50-35)24-39(2,3)25-30(26)23-36-41(19-9-21-49(45,46)47)38-32-13-7-5-11-28(32)15-17-34(38)51-36/h4-7,10-17,22-23H,8-9,18-21,24-25H2,1-3H3,(H-,42,43,44,45,46,47)/p+1. The van der Waals surface area contributed by atoms with Crippen LogP contribution in [0.4, 0.5) is 5.69 Å². The number of rotatable bonds is 10. The van der Waals surface area contributed by atoms with Crippen molar-refractivity contribution in [1.82, 2.24) is 0 Å². The average molecular weight is 856 g/mol. The van der Waals surface area contributed by atoms with E-state index in [2.05, 4.69) is 90.9 Å². The van der Waals surface area contributed by atoms with E-state index in [9.17, 15) is 25.9 Å². The van der Waals surface area contributed by atoms with Crippen molar-refractivity contribution in [2.24, 2.45) is 5.41 Å². The SMILES string of the molecule is CC1=C(C=C2[Se]c3ccc4ccccc4c3N2CCCS(=O)(=O)O)CC(C)(C)CC1=Cc1[se]c2ccc3ccccc3c2[n+]1CCCS(=O)(=O)O.